The Bertz CT molecular complexity index is 739. The van der Waals surface area contributed by atoms with Crippen molar-refractivity contribution in [1.29, 1.82) is 5.26 Å². The molecular formula is C15H19N7. The summed E-state index contributed by atoms with van der Waals surface area (Å²) in [5, 5.41) is 16.3. The van der Waals surface area contributed by atoms with Crippen LogP contribution in [-0.4, -0.2) is 33.1 Å². The van der Waals surface area contributed by atoms with Crippen molar-refractivity contribution in [3.05, 3.63) is 18.0 Å². The zero-order valence-electron chi connectivity index (χ0n) is 12.7. The van der Waals surface area contributed by atoms with Gasteiger partial charge in [-0.15, -0.1) is 0 Å². The van der Waals surface area contributed by atoms with E-state index in [-0.39, 0.29) is 5.54 Å². The van der Waals surface area contributed by atoms with Crippen LogP contribution in [0.2, 0.25) is 0 Å². The quantitative estimate of drug-likeness (QED) is 0.786. The maximum absolute atomic E-state index is 9.05. The number of fused-ring (bicyclic) bond motifs is 1. The third kappa shape index (κ3) is 2.78. The van der Waals surface area contributed by atoms with Crippen LogP contribution in [0.25, 0.3) is 10.9 Å². The van der Waals surface area contributed by atoms with Crippen LogP contribution in [0.4, 0.5) is 11.8 Å². The number of nitrogens with one attached hydrogen (secondary N) is 2. The summed E-state index contributed by atoms with van der Waals surface area (Å²) in [5.74, 6) is 1.18. The van der Waals surface area contributed by atoms with Gasteiger partial charge in [-0.2, -0.15) is 5.26 Å². The van der Waals surface area contributed by atoms with Crippen molar-refractivity contribution in [2.24, 2.45) is 5.73 Å². The van der Waals surface area contributed by atoms with E-state index in [0.29, 0.717) is 35.6 Å². The van der Waals surface area contributed by atoms with E-state index in [1.54, 1.807) is 12.3 Å². The van der Waals surface area contributed by atoms with Gasteiger partial charge in [-0.1, -0.05) is 0 Å². The van der Waals surface area contributed by atoms with Crippen molar-refractivity contribution in [3.63, 3.8) is 0 Å². The summed E-state index contributed by atoms with van der Waals surface area (Å²) in [6.07, 6.45) is 3.52. The van der Waals surface area contributed by atoms with Gasteiger partial charge in [-0.05, 0) is 32.8 Å². The molecule has 0 aromatic carbocycles. The minimum Gasteiger partial charge on any atom is -0.368 e. The van der Waals surface area contributed by atoms with Crippen molar-refractivity contribution in [1.82, 2.24) is 15.0 Å². The predicted octanol–water partition coefficient (Wildman–Crippen LogP) is 1.62. The largest absolute Gasteiger partial charge is 0.368 e. The molecule has 4 N–H and O–H groups in total. The third-order valence-electron chi connectivity index (χ3n) is 3.78. The highest BCUT2D eigenvalue weighted by Crippen LogP contribution is 2.31. The Morgan fingerprint density at radius 1 is 1.45 bits per heavy atom. The van der Waals surface area contributed by atoms with Gasteiger partial charge >= 0.3 is 0 Å². The van der Waals surface area contributed by atoms with E-state index in [1.807, 2.05) is 13.8 Å². The van der Waals surface area contributed by atoms with Crippen molar-refractivity contribution < 1.29 is 0 Å². The first-order chi connectivity index (χ1) is 10.5. The number of pyridine rings is 1. The summed E-state index contributed by atoms with van der Waals surface area (Å²) in [6.45, 7) is 4.73. The Balaban J connectivity index is 1.91. The number of hydrogen-bond acceptors (Lipinski definition) is 7. The highest BCUT2D eigenvalue weighted by Gasteiger charge is 2.37. The summed E-state index contributed by atoms with van der Waals surface area (Å²) in [7, 11) is 0. The molecule has 2 heterocycles. The van der Waals surface area contributed by atoms with Crippen molar-refractivity contribution in [2.75, 3.05) is 17.2 Å². The first-order valence-electron chi connectivity index (χ1n) is 7.38. The summed E-state index contributed by atoms with van der Waals surface area (Å²) in [4.78, 5) is 13.1. The van der Waals surface area contributed by atoms with E-state index in [4.69, 9.17) is 11.0 Å². The van der Waals surface area contributed by atoms with Crippen molar-refractivity contribution in [2.45, 2.75) is 38.3 Å². The molecule has 7 heteroatoms. The number of aromatic nitrogens is 3. The van der Waals surface area contributed by atoms with Crippen LogP contribution in [0.5, 0.6) is 0 Å². The molecule has 1 aliphatic carbocycles. The fourth-order valence-electron chi connectivity index (χ4n) is 2.81. The molecule has 0 saturated heterocycles. The molecule has 1 saturated carbocycles. The summed E-state index contributed by atoms with van der Waals surface area (Å²) in [6, 6.07) is 4.06. The number of hydrogen-bond donors (Lipinski definition) is 3. The Hall–Kier alpha value is -2.46. The minimum atomic E-state index is -0.0906. The van der Waals surface area contributed by atoms with Crippen LogP contribution in [0.15, 0.2) is 12.3 Å². The Kier molecular flexibility index (Phi) is 3.54. The molecule has 0 atom stereocenters. The van der Waals surface area contributed by atoms with Gasteiger partial charge in [0.05, 0.1) is 0 Å². The van der Waals surface area contributed by atoms with E-state index in [9.17, 15) is 0 Å². The van der Waals surface area contributed by atoms with Crippen LogP contribution >= 0.6 is 0 Å². The summed E-state index contributed by atoms with van der Waals surface area (Å²) < 4.78 is 0. The maximum Gasteiger partial charge on any atom is 0.223 e. The van der Waals surface area contributed by atoms with Crippen LogP contribution in [0, 0.1) is 11.3 Å². The number of anilines is 2. The molecule has 2 aromatic rings. The molecule has 1 fully saturated rings. The number of rotatable bonds is 4. The normalized spacial score (nSPS) is 23.6. The standard InChI is InChI=1S/C15H19N7/c1-3-18-13-12-9(4-10(7-16)20-13)8-19-14(22-12)21-11-5-15(2,17)6-11/h4,8,11H,3,5-6,17H2,1-2H3,(H,18,20)(H,19,21,22)/t11-,15-. The molecule has 0 amide bonds. The predicted molar refractivity (Wildman–Crippen MR) is 85.4 cm³/mol. The lowest BCUT2D eigenvalue weighted by Gasteiger charge is -2.42. The van der Waals surface area contributed by atoms with E-state index < -0.39 is 0 Å². The van der Waals surface area contributed by atoms with Crippen molar-refractivity contribution in [3.8, 4) is 6.07 Å². The minimum absolute atomic E-state index is 0.0906. The summed E-state index contributed by atoms with van der Waals surface area (Å²) in [5.41, 5.74) is 7.00. The van der Waals surface area contributed by atoms with E-state index >= 15 is 0 Å². The molecule has 0 spiro atoms. The van der Waals surface area contributed by atoms with Crippen LogP contribution < -0.4 is 16.4 Å². The highest BCUT2D eigenvalue weighted by molar-refractivity contribution is 5.89. The van der Waals surface area contributed by atoms with E-state index in [2.05, 4.69) is 31.7 Å². The number of nitriles is 1. The lowest BCUT2D eigenvalue weighted by molar-refractivity contribution is 0.247. The molecule has 0 aliphatic heterocycles. The number of nitrogens with two attached hydrogens (primary N) is 1. The molecule has 0 unspecified atom stereocenters. The second kappa shape index (κ2) is 5.39. The Morgan fingerprint density at radius 2 is 2.23 bits per heavy atom. The monoisotopic (exact) mass is 297 g/mol. The topological polar surface area (TPSA) is 113 Å². The lowest BCUT2D eigenvalue weighted by Crippen LogP contribution is -2.54. The first-order valence-corrected chi connectivity index (χ1v) is 7.38. The van der Waals surface area contributed by atoms with Gasteiger partial charge in [0.1, 0.15) is 17.3 Å². The second-order valence-corrected chi connectivity index (χ2v) is 6.03. The Labute approximate surface area is 129 Å². The van der Waals surface area contributed by atoms with Gasteiger partial charge in [0.15, 0.2) is 5.82 Å². The molecule has 114 valence electrons. The first kappa shape index (κ1) is 14.5. The van der Waals surface area contributed by atoms with Crippen LogP contribution in [0.3, 0.4) is 0 Å². The van der Waals surface area contributed by atoms with Gasteiger partial charge in [0.25, 0.3) is 0 Å². The molecule has 3 rings (SSSR count). The van der Waals surface area contributed by atoms with Gasteiger partial charge in [0, 0.05) is 29.7 Å². The van der Waals surface area contributed by atoms with Crippen LogP contribution in [-0.2, 0) is 0 Å². The fraction of sp³-hybridized carbons (Fsp3) is 0.467. The van der Waals surface area contributed by atoms with Gasteiger partial charge in [0.2, 0.25) is 5.95 Å². The Morgan fingerprint density at radius 3 is 2.86 bits per heavy atom. The zero-order chi connectivity index (χ0) is 15.7. The molecule has 0 bridgehead atoms. The van der Waals surface area contributed by atoms with Crippen LogP contribution in [0.1, 0.15) is 32.4 Å². The number of nitrogens with zero attached hydrogens (tertiary/aromatic N) is 4. The molecule has 0 radical (unpaired) electrons. The fourth-order valence-corrected chi connectivity index (χ4v) is 2.81. The zero-order valence-corrected chi connectivity index (χ0v) is 12.7. The third-order valence-corrected chi connectivity index (χ3v) is 3.78. The van der Waals surface area contributed by atoms with Gasteiger partial charge < -0.3 is 16.4 Å². The van der Waals surface area contributed by atoms with Gasteiger partial charge in [-0.25, -0.2) is 15.0 Å². The molecule has 22 heavy (non-hydrogen) atoms. The average molecular weight is 297 g/mol. The molecule has 1 aliphatic rings. The highest BCUT2D eigenvalue weighted by atomic mass is 15.1. The SMILES string of the molecule is CCNc1nc(C#N)cc2cnc(N[C@H]3C[C@](C)(N)C3)nc12. The van der Waals surface area contributed by atoms with E-state index in [1.165, 1.54) is 0 Å². The smallest absolute Gasteiger partial charge is 0.223 e. The van der Waals surface area contributed by atoms with Gasteiger partial charge in [-0.3, -0.25) is 0 Å². The summed E-state index contributed by atoms with van der Waals surface area (Å²) >= 11 is 0. The molecule has 7 nitrogen and oxygen atoms in total. The average Bonchev–Trinajstić information content (AvgIpc) is 2.45. The maximum atomic E-state index is 9.05. The molecular weight excluding hydrogens is 278 g/mol. The second-order valence-electron chi connectivity index (χ2n) is 6.03. The van der Waals surface area contributed by atoms with Crippen molar-refractivity contribution >= 4 is 22.7 Å². The lowest BCUT2D eigenvalue weighted by atomic mass is 9.75. The van der Waals surface area contributed by atoms with E-state index in [0.717, 1.165) is 18.2 Å². The molecule has 2 aromatic heterocycles.